The van der Waals surface area contributed by atoms with Gasteiger partial charge in [-0.2, -0.15) is 0 Å². The Balaban J connectivity index is 1.42. The molecule has 0 bridgehead atoms. The summed E-state index contributed by atoms with van der Waals surface area (Å²) in [6.07, 6.45) is 2.40. The minimum absolute atomic E-state index is 0.0397. The van der Waals surface area contributed by atoms with Crippen molar-refractivity contribution in [3.8, 4) is 0 Å². The molecule has 0 fully saturated rings. The number of hydrogen-bond donors (Lipinski definition) is 1. The highest BCUT2D eigenvalue weighted by Gasteiger charge is 2.24. The lowest BCUT2D eigenvalue weighted by Crippen LogP contribution is -2.42. The molecule has 5 rings (SSSR count). The highest BCUT2D eigenvalue weighted by molar-refractivity contribution is 7.17. The molecule has 1 aromatic carbocycles. The first kappa shape index (κ1) is 20.0. The van der Waals surface area contributed by atoms with Gasteiger partial charge in [-0.25, -0.2) is 4.79 Å². The second kappa shape index (κ2) is 8.28. The van der Waals surface area contributed by atoms with Gasteiger partial charge in [-0.05, 0) is 53.3 Å². The van der Waals surface area contributed by atoms with E-state index < -0.39 is 5.69 Å². The van der Waals surface area contributed by atoms with Gasteiger partial charge in [0.15, 0.2) is 0 Å². The molecule has 1 aliphatic carbocycles. The number of carbonyl (C=O) groups excluding carboxylic acids is 1. The first-order valence-electron chi connectivity index (χ1n) is 10.2. The summed E-state index contributed by atoms with van der Waals surface area (Å²) in [5.74, 6) is -0.222. The lowest BCUT2D eigenvalue weighted by Gasteiger charge is -2.16. The molecule has 0 radical (unpaired) electrons. The van der Waals surface area contributed by atoms with Crippen molar-refractivity contribution in [3.63, 3.8) is 0 Å². The van der Waals surface area contributed by atoms with Crippen LogP contribution in [0.15, 0.2) is 62.8 Å². The van der Waals surface area contributed by atoms with E-state index in [1.807, 2.05) is 35.7 Å². The Morgan fingerprint density at radius 1 is 1.03 bits per heavy atom. The highest BCUT2D eigenvalue weighted by Crippen LogP contribution is 2.30. The standard InChI is InChI=1S/C23H21N3O3S2/c27-20(24-18-8-7-15-4-1-2-6-17(15)18)14-26-19-10-13-31-21(19)22(28)25(23(26)29)11-9-16-5-3-12-30-16/h1-6,10,12-13,18H,7-9,11,14H2,(H,24,27)/t18-/m0/s1. The fourth-order valence-electron chi connectivity index (χ4n) is 4.25. The molecule has 1 atom stereocenters. The Labute approximate surface area is 186 Å². The summed E-state index contributed by atoms with van der Waals surface area (Å²) in [5.41, 5.74) is 2.20. The molecule has 0 saturated carbocycles. The largest absolute Gasteiger partial charge is 0.348 e. The zero-order chi connectivity index (χ0) is 21.4. The van der Waals surface area contributed by atoms with Gasteiger partial charge in [0.05, 0.1) is 11.6 Å². The van der Waals surface area contributed by atoms with Crippen molar-refractivity contribution >= 4 is 38.8 Å². The molecule has 8 heteroatoms. The summed E-state index contributed by atoms with van der Waals surface area (Å²) in [7, 11) is 0. The number of hydrogen-bond acceptors (Lipinski definition) is 5. The zero-order valence-corrected chi connectivity index (χ0v) is 18.4. The third-order valence-corrected chi connectivity index (χ3v) is 7.60. The number of fused-ring (bicyclic) bond motifs is 2. The van der Waals surface area contributed by atoms with E-state index in [1.54, 1.807) is 22.8 Å². The predicted octanol–water partition coefficient (Wildman–Crippen LogP) is 3.33. The van der Waals surface area contributed by atoms with Crippen LogP contribution in [0.25, 0.3) is 10.2 Å². The van der Waals surface area contributed by atoms with Crippen LogP contribution in [0.1, 0.15) is 28.5 Å². The van der Waals surface area contributed by atoms with Crippen molar-refractivity contribution in [2.24, 2.45) is 0 Å². The van der Waals surface area contributed by atoms with Crippen LogP contribution in [-0.4, -0.2) is 15.0 Å². The molecule has 0 aliphatic heterocycles. The maximum atomic E-state index is 13.2. The Kier molecular flexibility index (Phi) is 5.33. The van der Waals surface area contributed by atoms with Crippen LogP contribution in [0.4, 0.5) is 0 Å². The lowest BCUT2D eigenvalue weighted by atomic mass is 10.1. The third-order valence-electron chi connectivity index (χ3n) is 5.77. The molecule has 3 heterocycles. The Hall–Kier alpha value is -2.97. The molecule has 0 saturated heterocycles. The van der Waals surface area contributed by atoms with Crippen molar-refractivity contribution in [1.82, 2.24) is 14.5 Å². The van der Waals surface area contributed by atoms with Crippen molar-refractivity contribution < 1.29 is 4.79 Å². The van der Waals surface area contributed by atoms with Gasteiger partial charge in [0, 0.05) is 11.4 Å². The molecular formula is C23H21N3O3S2. The van der Waals surface area contributed by atoms with Gasteiger partial charge in [0.2, 0.25) is 5.91 Å². The molecule has 3 aromatic heterocycles. The average molecular weight is 452 g/mol. The number of aromatic nitrogens is 2. The molecule has 4 aromatic rings. The van der Waals surface area contributed by atoms with Gasteiger partial charge in [-0.15, -0.1) is 22.7 Å². The fourth-order valence-corrected chi connectivity index (χ4v) is 5.79. The highest BCUT2D eigenvalue weighted by atomic mass is 32.1. The number of nitrogens with one attached hydrogen (secondary N) is 1. The van der Waals surface area contributed by atoms with Gasteiger partial charge in [-0.3, -0.25) is 18.7 Å². The minimum atomic E-state index is -0.436. The third kappa shape index (κ3) is 3.77. The van der Waals surface area contributed by atoms with Gasteiger partial charge in [-0.1, -0.05) is 30.3 Å². The zero-order valence-electron chi connectivity index (χ0n) is 16.7. The molecule has 1 aliphatic rings. The maximum Gasteiger partial charge on any atom is 0.332 e. The van der Waals surface area contributed by atoms with Gasteiger partial charge in [0.25, 0.3) is 5.56 Å². The molecule has 1 N–H and O–H groups in total. The normalized spacial score (nSPS) is 15.3. The number of amides is 1. The first-order chi connectivity index (χ1) is 15.1. The van der Waals surface area contributed by atoms with Crippen LogP contribution in [-0.2, 0) is 30.7 Å². The van der Waals surface area contributed by atoms with Crippen molar-refractivity contribution in [3.05, 3.63) is 90.1 Å². The molecule has 0 unspecified atom stereocenters. The lowest BCUT2D eigenvalue weighted by molar-refractivity contribution is -0.122. The topological polar surface area (TPSA) is 73.1 Å². The summed E-state index contributed by atoms with van der Waals surface area (Å²) in [6, 6.07) is 13.8. The average Bonchev–Trinajstić information content (AvgIpc) is 3.52. The van der Waals surface area contributed by atoms with E-state index in [4.69, 9.17) is 0 Å². The minimum Gasteiger partial charge on any atom is -0.348 e. The second-order valence-corrected chi connectivity index (χ2v) is 9.60. The van der Waals surface area contributed by atoms with Crippen molar-refractivity contribution in [1.29, 1.82) is 0 Å². The summed E-state index contributed by atoms with van der Waals surface area (Å²) < 4.78 is 3.19. The van der Waals surface area contributed by atoms with E-state index in [2.05, 4.69) is 11.4 Å². The summed E-state index contributed by atoms with van der Waals surface area (Å²) in [6.45, 7) is 0.188. The second-order valence-electron chi connectivity index (χ2n) is 7.65. The molecular weight excluding hydrogens is 430 g/mol. The number of nitrogens with zero attached hydrogens (tertiary/aromatic N) is 2. The summed E-state index contributed by atoms with van der Waals surface area (Å²) in [5, 5.41) is 6.84. The van der Waals surface area contributed by atoms with Crippen LogP contribution in [0.5, 0.6) is 0 Å². The monoisotopic (exact) mass is 451 g/mol. The van der Waals surface area contributed by atoms with E-state index in [0.29, 0.717) is 23.2 Å². The molecule has 158 valence electrons. The van der Waals surface area contributed by atoms with Crippen molar-refractivity contribution in [2.75, 3.05) is 0 Å². The number of aryl methyl sites for hydroxylation is 2. The predicted molar refractivity (Wildman–Crippen MR) is 124 cm³/mol. The quantitative estimate of drug-likeness (QED) is 0.489. The fraction of sp³-hybridized carbons (Fsp3) is 0.261. The van der Waals surface area contributed by atoms with Gasteiger partial charge < -0.3 is 5.32 Å². The maximum absolute atomic E-state index is 13.2. The van der Waals surface area contributed by atoms with E-state index in [-0.39, 0.29) is 24.1 Å². The smallest absolute Gasteiger partial charge is 0.332 e. The van der Waals surface area contributed by atoms with E-state index in [9.17, 15) is 14.4 Å². The Morgan fingerprint density at radius 3 is 2.74 bits per heavy atom. The van der Waals surface area contributed by atoms with Crippen LogP contribution < -0.4 is 16.6 Å². The van der Waals surface area contributed by atoms with E-state index >= 15 is 0 Å². The van der Waals surface area contributed by atoms with Crippen molar-refractivity contribution in [2.45, 2.75) is 38.4 Å². The van der Waals surface area contributed by atoms with Crippen LogP contribution >= 0.6 is 22.7 Å². The van der Waals surface area contributed by atoms with Crippen LogP contribution in [0, 0.1) is 0 Å². The number of carbonyl (C=O) groups is 1. The van der Waals surface area contributed by atoms with Gasteiger partial charge in [0.1, 0.15) is 11.2 Å². The van der Waals surface area contributed by atoms with E-state index in [0.717, 1.165) is 23.3 Å². The summed E-state index contributed by atoms with van der Waals surface area (Å²) in [4.78, 5) is 40.1. The summed E-state index contributed by atoms with van der Waals surface area (Å²) >= 11 is 2.90. The van der Waals surface area contributed by atoms with Crippen LogP contribution in [0.3, 0.4) is 0 Å². The Bertz CT molecular complexity index is 1360. The van der Waals surface area contributed by atoms with E-state index in [1.165, 1.54) is 26.0 Å². The van der Waals surface area contributed by atoms with Gasteiger partial charge >= 0.3 is 5.69 Å². The number of benzene rings is 1. The number of rotatable bonds is 6. The first-order valence-corrected chi connectivity index (χ1v) is 12.0. The molecule has 6 nitrogen and oxygen atoms in total. The Morgan fingerprint density at radius 2 is 1.90 bits per heavy atom. The number of thiophene rings is 2. The molecule has 0 spiro atoms. The molecule has 31 heavy (non-hydrogen) atoms. The van der Waals surface area contributed by atoms with Crippen LogP contribution in [0.2, 0.25) is 0 Å². The molecule has 1 amide bonds. The SMILES string of the molecule is O=C(Cn1c(=O)n(CCc2cccs2)c(=O)c2sccc21)N[C@H]1CCc2ccccc21.